The van der Waals surface area contributed by atoms with Crippen LogP contribution in [0.2, 0.25) is 5.02 Å². The summed E-state index contributed by atoms with van der Waals surface area (Å²) in [6.45, 7) is 4.49. The molecule has 0 radical (unpaired) electrons. The Balaban J connectivity index is 1.67. The molecule has 10 nitrogen and oxygen atoms in total. The molecule has 0 aliphatic heterocycles. The van der Waals surface area contributed by atoms with Crippen molar-refractivity contribution < 1.29 is 14.6 Å². The molecule has 41 heavy (non-hydrogen) atoms. The van der Waals surface area contributed by atoms with Gasteiger partial charge in [0.1, 0.15) is 5.56 Å². The lowest BCUT2D eigenvalue weighted by molar-refractivity contribution is 0.102. The van der Waals surface area contributed by atoms with E-state index in [0.29, 0.717) is 40.9 Å². The molecule has 2 aromatic heterocycles. The van der Waals surface area contributed by atoms with E-state index in [1.807, 2.05) is 43.3 Å². The summed E-state index contributed by atoms with van der Waals surface area (Å²) in [4.78, 5) is 42.3. The monoisotopic (exact) mass is 577 g/mol. The van der Waals surface area contributed by atoms with Crippen molar-refractivity contribution >= 4 is 23.2 Å². The number of nitrogens with zero attached hydrogens (tertiary/aromatic N) is 3. The number of nitrogens with one attached hydrogen (secondary N) is 2. The number of aliphatic hydroxyl groups is 1. The number of pyridine rings is 1. The molecule has 11 heteroatoms. The van der Waals surface area contributed by atoms with Gasteiger partial charge in [0.2, 0.25) is 5.88 Å². The van der Waals surface area contributed by atoms with Crippen LogP contribution in [-0.2, 0) is 20.6 Å². The van der Waals surface area contributed by atoms with Gasteiger partial charge in [0.25, 0.3) is 11.5 Å². The van der Waals surface area contributed by atoms with E-state index < -0.39 is 23.3 Å². The largest absolute Gasteiger partial charge is 0.481 e. The molecule has 4 aromatic rings. The van der Waals surface area contributed by atoms with Gasteiger partial charge in [-0.05, 0) is 37.1 Å². The highest BCUT2D eigenvalue weighted by atomic mass is 35.5. The third-order valence-corrected chi connectivity index (χ3v) is 7.13. The van der Waals surface area contributed by atoms with Crippen LogP contribution in [0.25, 0.3) is 22.4 Å². The first-order chi connectivity index (χ1) is 19.5. The number of aromatic nitrogens is 3. The summed E-state index contributed by atoms with van der Waals surface area (Å²) in [7, 11) is 4.36. The molecule has 3 N–H and O–H groups in total. The zero-order valence-electron chi connectivity index (χ0n) is 23.5. The number of rotatable bonds is 9. The van der Waals surface area contributed by atoms with Crippen LogP contribution in [0.1, 0.15) is 28.4 Å². The molecular formula is C30H32ClN5O5. The van der Waals surface area contributed by atoms with Gasteiger partial charge in [-0.1, -0.05) is 48.0 Å². The van der Waals surface area contributed by atoms with Gasteiger partial charge in [-0.25, -0.2) is 9.78 Å². The number of hydrogen-bond acceptors (Lipinski definition) is 7. The number of benzene rings is 2. The third-order valence-electron chi connectivity index (χ3n) is 6.73. The molecule has 1 unspecified atom stereocenters. The van der Waals surface area contributed by atoms with Crippen LogP contribution in [0.15, 0.2) is 64.3 Å². The second-order valence-electron chi connectivity index (χ2n) is 9.74. The molecule has 0 spiro atoms. The zero-order valence-corrected chi connectivity index (χ0v) is 24.2. The highest BCUT2D eigenvalue weighted by Gasteiger charge is 2.19. The number of carbonyl (C=O) groups excluding carboxylic acids is 1. The highest BCUT2D eigenvalue weighted by Crippen LogP contribution is 2.39. The van der Waals surface area contributed by atoms with Gasteiger partial charge < -0.3 is 25.0 Å². The first-order valence-corrected chi connectivity index (χ1v) is 13.3. The normalized spacial score (nSPS) is 11.8. The van der Waals surface area contributed by atoms with Crippen LogP contribution in [0, 0.1) is 6.92 Å². The SMILES string of the molecule is COc1nc(-c2cccc(-c3cccc(NC(=O)c4cn(C)c(=O)n(C)c4=O)c3C)c2Cl)ccc1CNCC(C)O. The molecule has 0 aliphatic rings. The maximum absolute atomic E-state index is 13.0. The van der Waals surface area contributed by atoms with E-state index in [9.17, 15) is 19.5 Å². The van der Waals surface area contributed by atoms with E-state index in [4.69, 9.17) is 16.3 Å². The molecule has 1 atom stereocenters. The Bertz CT molecular complexity index is 1730. The van der Waals surface area contributed by atoms with Gasteiger partial charge in [0.05, 0.1) is 23.9 Å². The van der Waals surface area contributed by atoms with Crippen LogP contribution < -0.4 is 26.6 Å². The van der Waals surface area contributed by atoms with Gasteiger partial charge >= 0.3 is 5.69 Å². The molecule has 0 saturated carbocycles. The predicted molar refractivity (Wildman–Crippen MR) is 160 cm³/mol. The van der Waals surface area contributed by atoms with Crippen LogP contribution in [0.5, 0.6) is 5.88 Å². The summed E-state index contributed by atoms with van der Waals surface area (Å²) < 4.78 is 7.60. The second-order valence-corrected chi connectivity index (χ2v) is 10.1. The molecule has 0 bridgehead atoms. The number of carbonyl (C=O) groups is 1. The molecular weight excluding hydrogens is 546 g/mol. The lowest BCUT2D eigenvalue weighted by Crippen LogP contribution is -2.40. The number of ether oxygens (including phenoxy) is 1. The van der Waals surface area contributed by atoms with Gasteiger partial charge in [0.15, 0.2) is 0 Å². The highest BCUT2D eigenvalue weighted by molar-refractivity contribution is 6.36. The average molecular weight is 578 g/mol. The Hall–Kier alpha value is -4.25. The number of halogens is 1. The van der Waals surface area contributed by atoms with Crippen molar-refractivity contribution in [3.8, 4) is 28.3 Å². The van der Waals surface area contributed by atoms with E-state index in [-0.39, 0.29) is 5.56 Å². The van der Waals surface area contributed by atoms with E-state index in [2.05, 4.69) is 15.6 Å². The van der Waals surface area contributed by atoms with E-state index >= 15 is 0 Å². The molecule has 0 fully saturated rings. The van der Waals surface area contributed by atoms with Crippen molar-refractivity contribution in [3.05, 3.63) is 97.3 Å². The summed E-state index contributed by atoms with van der Waals surface area (Å²) in [5.41, 5.74) is 3.59. The zero-order chi connectivity index (χ0) is 29.8. The number of methoxy groups -OCH3 is 1. The Morgan fingerprint density at radius 1 is 1.07 bits per heavy atom. The number of amides is 1. The molecule has 1 amide bonds. The topological polar surface area (TPSA) is 127 Å². The summed E-state index contributed by atoms with van der Waals surface area (Å²) in [6.07, 6.45) is 0.765. The lowest BCUT2D eigenvalue weighted by Gasteiger charge is -2.16. The molecule has 214 valence electrons. The molecule has 0 aliphatic carbocycles. The Kier molecular flexibility index (Phi) is 9.07. The number of aliphatic hydroxyl groups excluding tert-OH is 1. The minimum absolute atomic E-state index is 0.149. The van der Waals surface area contributed by atoms with Crippen molar-refractivity contribution in [1.29, 1.82) is 0 Å². The van der Waals surface area contributed by atoms with Crippen molar-refractivity contribution in [2.24, 2.45) is 14.1 Å². The summed E-state index contributed by atoms with van der Waals surface area (Å²) in [5, 5.41) is 15.9. The third kappa shape index (κ3) is 6.25. The second kappa shape index (κ2) is 12.5. The van der Waals surface area contributed by atoms with Crippen molar-refractivity contribution in [3.63, 3.8) is 0 Å². The van der Waals surface area contributed by atoms with Crippen molar-refractivity contribution in [1.82, 2.24) is 19.4 Å². The molecule has 2 aromatic carbocycles. The number of aryl methyl sites for hydroxylation is 1. The van der Waals surface area contributed by atoms with E-state index in [1.165, 1.54) is 24.9 Å². The standard InChI is InChI=1S/C30H32ClN5O5/c1-17(37)14-32-15-19-12-13-25(34-28(19)41-5)22-10-6-9-21(26(22)31)20-8-7-11-24(18(20)2)33-27(38)23-16-35(3)30(40)36(4)29(23)39/h6-13,16-17,32,37H,14-15H2,1-5H3,(H,33,38). The first kappa shape index (κ1) is 29.7. The Morgan fingerprint density at radius 3 is 2.46 bits per heavy atom. The average Bonchev–Trinajstić information content (AvgIpc) is 2.95. The van der Waals surface area contributed by atoms with Gasteiger partial charge in [-0.2, -0.15) is 0 Å². The smallest absolute Gasteiger partial charge is 0.330 e. The van der Waals surface area contributed by atoms with Gasteiger partial charge in [0, 0.05) is 55.8 Å². The van der Waals surface area contributed by atoms with Gasteiger partial charge in [-0.15, -0.1) is 0 Å². The Morgan fingerprint density at radius 2 is 1.76 bits per heavy atom. The Labute approximate surface area is 242 Å². The fourth-order valence-corrected chi connectivity index (χ4v) is 4.83. The first-order valence-electron chi connectivity index (χ1n) is 12.9. The van der Waals surface area contributed by atoms with E-state index in [1.54, 1.807) is 26.2 Å². The van der Waals surface area contributed by atoms with Crippen LogP contribution in [-0.4, -0.2) is 44.9 Å². The fourth-order valence-electron chi connectivity index (χ4n) is 4.50. The number of anilines is 1. The summed E-state index contributed by atoms with van der Waals surface area (Å²) in [6, 6.07) is 14.8. The van der Waals surface area contributed by atoms with E-state index in [0.717, 1.165) is 26.8 Å². The molecule has 2 heterocycles. The summed E-state index contributed by atoms with van der Waals surface area (Å²) in [5.74, 6) is -0.173. The fraction of sp³-hybridized carbons (Fsp3) is 0.267. The van der Waals surface area contributed by atoms with Crippen LogP contribution in [0.3, 0.4) is 0 Å². The minimum atomic E-state index is -0.678. The maximum atomic E-state index is 13.0. The van der Waals surface area contributed by atoms with Gasteiger partial charge in [-0.3, -0.25) is 14.2 Å². The van der Waals surface area contributed by atoms with Crippen LogP contribution >= 0.6 is 11.6 Å². The van der Waals surface area contributed by atoms with Crippen molar-refractivity contribution in [2.75, 3.05) is 19.0 Å². The van der Waals surface area contributed by atoms with Crippen molar-refractivity contribution in [2.45, 2.75) is 26.5 Å². The maximum Gasteiger partial charge on any atom is 0.330 e. The molecule has 4 rings (SSSR count). The minimum Gasteiger partial charge on any atom is -0.481 e. The lowest BCUT2D eigenvalue weighted by atomic mass is 9.96. The molecule has 0 saturated heterocycles. The summed E-state index contributed by atoms with van der Waals surface area (Å²) >= 11 is 6.94. The number of hydrogen-bond donors (Lipinski definition) is 3. The van der Waals surface area contributed by atoms with Crippen LogP contribution in [0.4, 0.5) is 5.69 Å². The predicted octanol–water partition coefficient (Wildman–Crippen LogP) is 3.51. The quantitative estimate of drug-likeness (QED) is 0.278.